The first-order chi connectivity index (χ1) is 13.1. The van der Waals surface area contributed by atoms with Gasteiger partial charge in [0.15, 0.2) is 0 Å². The van der Waals surface area contributed by atoms with E-state index in [0.29, 0.717) is 0 Å². The molecule has 0 rings (SSSR count). The first kappa shape index (κ1) is 32.5. The number of aliphatic hydroxyl groups is 8. The van der Waals surface area contributed by atoms with Gasteiger partial charge in [-0.15, -0.1) is 0 Å². The highest BCUT2D eigenvalue weighted by molar-refractivity contribution is 7.79. The smallest absolute Gasteiger partial charge is 0.139 e. The van der Waals surface area contributed by atoms with Gasteiger partial charge in [0.1, 0.15) is 49.2 Å². The molecule has 16 nitrogen and oxygen atoms in total. The summed E-state index contributed by atoms with van der Waals surface area (Å²) in [5.41, 5.74) is 10.1. The van der Waals surface area contributed by atoms with Crippen molar-refractivity contribution < 1.29 is 68.0 Å². The summed E-state index contributed by atoms with van der Waals surface area (Å²) in [6.07, 6.45) is -8.85. The fraction of sp³-hybridized carbons (Fsp3) is 0.833. The zero-order chi connectivity index (χ0) is 23.9. The monoisotopic (exact) mass is 454 g/mol. The van der Waals surface area contributed by atoms with Crippen LogP contribution in [0.15, 0.2) is 0 Å². The maximum absolute atomic E-state index is 10.0. The van der Waals surface area contributed by atoms with Crippen LogP contribution in [0.3, 0.4) is 0 Å². The predicted octanol–water partition coefficient (Wildman–Crippen LogP) is -8.16. The number of hydrogen-bond donors (Lipinski definition) is 10. The Morgan fingerprint density at radius 1 is 0.690 bits per heavy atom. The lowest BCUT2D eigenvalue weighted by atomic mass is 10.0. The maximum Gasteiger partial charge on any atom is 0.139 e. The number of nitrogens with two attached hydrogens (primary N) is 2. The van der Waals surface area contributed by atoms with Crippen LogP contribution in [0.5, 0.6) is 0 Å². The molecule has 0 bridgehead atoms. The molecule has 29 heavy (non-hydrogen) atoms. The van der Waals surface area contributed by atoms with Crippen molar-refractivity contribution >= 4 is 23.0 Å². The van der Waals surface area contributed by atoms with Crippen LogP contribution in [0.4, 0.5) is 0 Å². The summed E-state index contributed by atoms with van der Waals surface area (Å²) in [4.78, 5) is 20.0. The standard InChI is InChI=1S/2C6H13NO5.H2O4S/c2*7-3(1-8)5(11)6(12)4(10)2-9;1-5(2,3)4/h2*1,3-6,9-12H,2,7H2;(H2,1,2,3,4)/p-2/t2*3-,4-,5-,6-;/m11./s1. The van der Waals surface area contributed by atoms with Crippen molar-refractivity contribution in [3.05, 3.63) is 0 Å². The SMILES string of the molecule is N[C@H](C=O)[C@@H](O)[C@H](O)[C@H](O)CO.N[C@H](C=O)[C@@H](O)[C@H](O)[C@H](O)CO.O=S(=O)([O-])[O-]. The normalized spacial score (nSPS) is 19.4. The van der Waals surface area contributed by atoms with E-state index in [9.17, 15) is 9.59 Å². The molecule has 0 unspecified atom stereocenters. The molecule has 0 radical (unpaired) electrons. The van der Waals surface area contributed by atoms with Gasteiger partial charge in [0.05, 0.1) is 25.3 Å². The fourth-order valence-electron chi connectivity index (χ4n) is 1.29. The summed E-state index contributed by atoms with van der Waals surface area (Å²) in [6, 6.07) is -2.53. The van der Waals surface area contributed by atoms with Gasteiger partial charge in [-0.2, -0.15) is 0 Å². The molecular weight excluding hydrogens is 428 g/mol. The third-order valence-corrected chi connectivity index (χ3v) is 2.97. The van der Waals surface area contributed by atoms with E-state index < -0.39 is 72.3 Å². The van der Waals surface area contributed by atoms with Crippen molar-refractivity contribution in [1.29, 1.82) is 0 Å². The highest BCUT2D eigenvalue weighted by Gasteiger charge is 2.29. The number of rotatable bonds is 10. The molecule has 0 fully saturated rings. The second-order valence-electron chi connectivity index (χ2n) is 5.30. The molecule has 0 aromatic heterocycles. The molecule has 0 amide bonds. The van der Waals surface area contributed by atoms with E-state index in [1.807, 2.05) is 0 Å². The summed E-state index contributed by atoms with van der Waals surface area (Å²) in [5.74, 6) is 0. The summed E-state index contributed by atoms with van der Waals surface area (Å²) in [7, 11) is -5.17. The van der Waals surface area contributed by atoms with E-state index in [2.05, 4.69) is 0 Å². The maximum atomic E-state index is 10.0. The molecule has 0 spiro atoms. The predicted molar refractivity (Wildman–Crippen MR) is 88.8 cm³/mol. The van der Waals surface area contributed by atoms with E-state index >= 15 is 0 Å². The first-order valence-electron chi connectivity index (χ1n) is 7.47. The highest BCUT2D eigenvalue weighted by Crippen LogP contribution is 2.02. The molecule has 8 atom stereocenters. The Kier molecular flexibility index (Phi) is 18.6. The Hall–Kier alpha value is -1.19. The number of carbonyl (C=O) groups is 2. The average Bonchev–Trinajstić information content (AvgIpc) is 2.67. The molecule has 0 aromatic carbocycles. The van der Waals surface area contributed by atoms with Gasteiger partial charge in [-0.3, -0.25) is 8.42 Å². The molecule has 0 aliphatic carbocycles. The van der Waals surface area contributed by atoms with Gasteiger partial charge in [0.25, 0.3) is 0 Å². The minimum atomic E-state index is -5.17. The van der Waals surface area contributed by atoms with Gasteiger partial charge in [0, 0.05) is 10.4 Å². The third-order valence-electron chi connectivity index (χ3n) is 2.97. The topological polar surface area (TPSA) is 328 Å². The van der Waals surface area contributed by atoms with Crippen LogP contribution < -0.4 is 11.5 Å². The lowest BCUT2D eigenvalue weighted by molar-refractivity contribution is -0.118. The van der Waals surface area contributed by atoms with E-state index in [4.69, 9.17) is 69.8 Å². The zero-order valence-electron chi connectivity index (χ0n) is 14.8. The molecule has 0 saturated heterocycles. The summed E-state index contributed by atoms with van der Waals surface area (Å²) >= 11 is 0. The molecule has 0 aliphatic rings. The van der Waals surface area contributed by atoms with Crippen LogP contribution in [0.1, 0.15) is 0 Å². The molecule has 0 heterocycles. The van der Waals surface area contributed by atoms with Gasteiger partial charge >= 0.3 is 0 Å². The van der Waals surface area contributed by atoms with Crippen LogP contribution in [0.2, 0.25) is 0 Å². The number of carbonyl (C=O) groups excluding carboxylic acids is 2. The van der Waals surface area contributed by atoms with Crippen molar-refractivity contribution in [3.8, 4) is 0 Å². The quantitative estimate of drug-likeness (QED) is 0.0831. The largest absolute Gasteiger partial charge is 0.759 e. The van der Waals surface area contributed by atoms with Crippen molar-refractivity contribution in [2.45, 2.75) is 48.7 Å². The van der Waals surface area contributed by atoms with Crippen molar-refractivity contribution in [1.82, 2.24) is 0 Å². The van der Waals surface area contributed by atoms with Crippen LogP contribution in [0.25, 0.3) is 0 Å². The highest BCUT2D eigenvalue weighted by atomic mass is 32.3. The number of aldehydes is 2. The molecular formula is C12H26N2O14S-2. The minimum absolute atomic E-state index is 0.248. The molecule has 0 saturated carbocycles. The lowest BCUT2D eigenvalue weighted by Gasteiger charge is -2.23. The second-order valence-corrected chi connectivity index (χ2v) is 6.11. The van der Waals surface area contributed by atoms with Crippen molar-refractivity contribution in [2.75, 3.05) is 13.2 Å². The molecule has 176 valence electrons. The Balaban J connectivity index is -0.000000380. The fourth-order valence-corrected chi connectivity index (χ4v) is 1.29. The number of hydrogen-bond acceptors (Lipinski definition) is 16. The van der Waals surface area contributed by atoms with Crippen LogP contribution in [0, 0.1) is 0 Å². The van der Waals surface area contributed by atoms with E-state index in [0.717, 1.165) is 0 Å². The number of aliphatic hydroxyl groups excluding tert-OH is 8. The van der Waals surface area contributed by atoms with Gasteiger partial charge in [-0.05, 0) is 0 Å². The molecule has 0 aromatic rings. The first-order valence-corrected chi connectivity index (χ1v) is 8.80. The Morgan fingerprint density at radius 3 is 1.03 bits per heavy atom. The van der Waals surface area contributed by atoms with Gasteiger partial charge in [-0.25, -0.2) is 0 Å². The van der Waals surface area contributed by atoms with Gasteiger partial charge in [-0.1, -0.05) is 0 Å². The van der Waals surface area contributed by atoms with Crippen molar-refractivity contribution in [3.63, 3.8) is 0 Å². The Morgan fingerprint density at radius 2 is 0.897 bits per heavy atom. The van der Waals surface area contributed by atoms with Crippen molar-refractivity contribution in [2.24, 2.45) is 11.5 Å². The molecule has 17 heteroatoms. The van der Waals surface area contributed by atoms with Crippen LogP contribution in [-0.4, -0.2) is 133 Å². The average molecular weight is 454 g/mol. The third kappa shape index (κ3) is 17.4. The van der Waals surface area contributed by atoms with E-state index in [1.165, 1.54) is 0 Å². The second kappa shape index (κ2) is 16.6. The van der Waals surface area contributed by atoms with Gasteiger partial charge < -0.3 is 71.0 Å². The minimum Gasteiger partial charge on any atom is -0.759 e. The Bertz CT molecular complexity index is 495. The van der Waals surface area contributed by atoms with E-state index in [1.54, 1.807) is 0 Å². The van der Waals surface area contributed by atoms with Crippen LogP contribution in [-0.2, 0) is 20.0 Å². The summed E-state index contributed by atoms with van der Waals surface area (Å²) in [5, 5.41) is 70.3. The lowest BCUT2D eigenvalue weighted by Crippen LogP contribution is -2.49. The van der Waals surface area contributed by atoms with Gasteiger partial charge in [0.2, 0.25) is 0 Å². The molecule has 12 N–H and O–H groups in total. The molecule has 0 aliphatic heterocycles. The van der Waals surface area contributed by atoms with Crippen LogP contribution >= 0.6 is 0 Å². The summed E-state index contributed by atoms with van der Waals surface area (Å²) < 4.78 is 34.1. The van der Waals surface area contributed by atoms with E-state index in [-0.39, 0.29) is 12.6 Å². The zero-order valence-corrected chi connectivity index (χ0v) is 15.6. The summed E-state index contributed by atoms with van der Waals surface area (Å²) in [6.45, 7) is -1.41. The Labute approximate surface area is 165 Å².